The zero-order valence-electron chi connectivity index (χ0n) is 14.6. The van der Waals surface area contributed by atoms with Crippen molar-refractivity contribution in [2.24, 2.45) is 0 Å². The van der Waals surface area contributed by atoms with Gasteiger partial charge in [-0.3, -0.25) is 14.6 Å². The summed E-state index contributed by atoms with van der Waals surface area (Å²) in [6.07, 6.45) is 4.96. The van der Waals surface area contributed by atoms with Gasteiger partial charge in [0.15, 0.2) is 0 Å². The van der Waals surface area contributed by atoms with Gasteiger partial charge in [-0.25, -0.2) is 9.97 Å². The smallest absolute Gasteiger partial charge is 0.274 e. The second-order valence-corrected chi connectivity index (χ2v) is 5.70. The first-order valence-corrected chi connectivity index (χ1v) is 8.25. The first-order chi connectivity index (χ1) is 13.1. The van der Waals surface area contributed by atoms with Crippen LogP contribution in [0.5, 0.6) is 0 Å². The molecule has 0 aliphatic carbocycles. The van der Waals surface area contributed by atoms with Gasteiger partial charge in [0, 0.05) is 43.4 Å². The van der Waals surface area contributed by atoms with Crippen molar-refractivity contribution in [2.75, 3.05) is 16.0 Å². The quantitative estimate of drug-likeness (QED) is 0.622. The normalized spacial score (nSPS) is 10.1. The molecular weight excluding hydrogens is 344 g/mol. The van der Waals surface area contributed by atoms with Gasteiger partial charge in [-0.1, -0.05) is 12.1 Å². The molecule has 0 fully saturated rings. The monoisotopic (exact) mass is 362 g/mol. The summed E-state index contributed by atoms with van der Waals surface area (Å²) in [7, 11) is 0. The van der Waals surface area contributed by atoms with Crippen molar-refractivity contribution in [1.29, 1.82) is 0 Å². The van der Waals surface area contributed by atoms with Crippen molar-refractivity contribution in [1.82, 2.24) is 15.0 Å². The van der Waals surface area contributed by atoms with Crippen LogP contribution in [-0.4, -0.2) is 26.8 Å². The fraction of sp³-hybridized carbons (Fsp3) is 0.105. The summed E-state index contributed by atoms with van der Waals surface area (Å²) in [5.41, 5.74) is 2.35. The predicted molar refractivity (Wildman–Crippen MR) is 102 cm³/mol. The molecule has 3 aromatic rings. The number of pyridine rings is 1. The number of amides is 2. The second kappa shape index (κ2) is 8.52. The van der Waals surface area contributed by atoms with Crippen molar-refractivity contribution in [3.8, 4) is 0 Å². The van der Waals surface area contributed by atoms with E-state index in [2.05, 4.69) is 30.9 Å². The fourth-order valence-corrected chi connectivity index (χ4v) is 2.33. The van der Waals surface area contributed by atoms with Crippen LogP contribution in [0, 0.1) is 0 Å². The van der Waals surface area contributed by atoms with E-state index in [-0.39, 0.29) is 17.5 Å². The number of aromatic nitrogens is 3. The third-order valence-electron chi connectivity index (χ3n) is 3.50. The Morgan fingerprint density at radius 2 is 1.81 bits per heavy atom. The molecule has 136 valence electrons. The summed E-state index contributed by atoms with van der Waals surface area (Å²) in [6.45, 7) is 1.92. The number of nitrogens with zero attached hydrogens (tertiary/aromatic N) is 3. The van der Waals surface area contributed by atoms with Crippen molar-refractivity contribution < 1.29 is 9.59 Å². The molecule has 8 heteroatoms. The molecule has 2 heterocycles. The molecule has 0 atom stereocenters. The van der Waals surface area contributed by atoms with Gasteiger partial charge < -0.3 is 16.0 Å². The molecule has 0 aliphatic heterocycles. The number of benzene rings is 1. The molecule has 0 unspecified atom stereocenters. The molecule has 27 heavy (non-hydrogen) atoms. The van der Waals surface area contributed by atoms with E-state index in [0.29, 0.717) is 23.9 Å². The Balaban J connectivity index is 1.65. The SMILES string of the molecule is CC(=O)Nc1cccc(NC(=O)c2ccnc(NCc3cccnc3)n2)c1. The standard InChI is InChI=1S/C19H18N6O2/c1-13(26)23-15-5-2-6-16(10-15)24-18(27)17-7-9-21-19(25-17)22-12-14-4-3-8-20-11-14/h2-11H,12H2,1H3,(H,23,26)(H,24,27)(H,21,22,25). The minimum atomic E-state index is -0.373. The molecule has 2 aromatic heterocycles. The molecule has 2 amide bonds. The molecule has 3 rings (SSSR count). The lowest BCUT2D eigenvalue weighted by atomic mass is 10.2. The number of carbonyl (C=O) groups excluding carboxylic acids is 2. The minimum Gasteiger partial charge on any atom is -0.350 e. The molecule has 0 radical (unpaired) electrons. The number of nitrogens with one attached hydrogen (secondary N) is 3. The molecule has 1 aromatic carbocycles. The Bertz CT molecular complexity index is 946. The summed E-state index contributed by atoms with van der Waals surface area (Å²) >= 11 is 0. The highest BCUT2D eigenvalue weighted by molar-refractivity contribution is 6.03. The molecule has 0 saturated carbocycles. The van der Waals surface area contributed by atoms with Gasteiger partial charge in [0.2, 0.25) is 11.9 Å². The Labute approximate surface area is 156 Å². The summed E-state index contributed by atoms with van der Waals surface area (Å²) in [6, 6.07) is 12.2. The highest BCUT2D eigenvalue weighted by atomic mass is 16.2. The maximum absolute atomic E-state index is 12.4. The number of anilines is 3. The predicted octanol–water partition coefficient (Wildman–Crippen LogP) is 2.69. The van der Waals surface area contributed by atoms with Crippen molar-refractivity contribution in [3.63, 3.8) is 0 Å². The van der Waals surface area contributed by atoms with Gasteiger partial charge in [-0.05, 0) is 35.9 Å². The van der Waals surface area contributed by atoms with Crippen LogP contribution in [0.3, 0.4) is 0 Å². The molecule has 3 N–H and O–H groups in total. The minimum absolute atomic E-state index is 0.182. The number of hydrogen-bond acceptors (Lipinski definition) is 6. The summed E-state index contributed by atoms with van der Waals surface area (Å²) in [5, 5.41) is 8.48. The number of carbonyl (C=O) groups is 2. The average molecular weight is 362 g/mol. The van der Waals surface area contributed by atoms with Crippen LogP contribution in [0.25, 0.3) is 0 Å². The van der Waals surface area contributed by atoms with E-state index < -0.39 is 0 Å². The van der Waals surface area contributed by atoms with Crippen molar-refractivity contribution in [2.45, 2.75) is 13.5 Å². The lowest BCUT2D eigenvalue weighted by molar-refractivity contribution is -0.114. The Hall–Kier alpha value is -3.81. The van der Waals surface area contributed by atoms with Crippen LogP contribution >= 0.6 is 0 Å². The van der Waals surface area contributed by atoms with Crippen LogP contribution < -0.4 is 16.0 Å². The largest absolute Gasteiger partial charge is 0.350 e. The van der Waals surface area contributed by atoms with Crippen molar-refractivity contribution in [3.05, 3.63) is 72.3 Å². The van der Waals surface area contributed by atoms with Gasteiger partial charge >= 0.3 is 0 Å². The van der Waals surface area contributed by atoms with E-state index in [1.54, 1.807) is 36.7 Å². The van der Waals surface area contributed by atoms with E-state index in [9.17, 15) is 9.59 Å². The highest BCUT2D eigenvalue weighted by Crippen LogP contribution is 2.16. The molecule has 0 aliphatic rings. The molecule has 8 nitrogen and oxygen atoms in total. The average Bonchev–Trinajstić information content (AvgIpc) is 2.67. The zero-order valence-corrected chi connectivity index (χ0v) is 14.6. The van der Waals surface area contributed by atoms with Crippen LogP contribution in [-0.2, 0) is 11.3 Å². The van der Waals surface area contributed by atoms with Crippen LogP contribution in [0.2, 0.25) is 0 Å². The molecular formula is C19H18N6O2. The maximum Gasteiger partial charge on any atom is 0.274 e. The Kier molecular flexibility index (Phi) is 5.68. The Morgan fingerprint density at radius 3 is 2.56 bits per heavy atom. The lowest BCUT2D eigenvalue weighted by Gasteiger charge is -2.09. The van der Waals surface area contributed by atoms with E-state index >= 15 is 0 Å². The van der Waals surface area contributed by atoms with Gasteiger partial charge in [0.05, 0.1) is 0 Å². The van der Waals surface area contributed by atoms with E-state index in [4.69, 9.17) is 0 Å². The van der Waals surface area contributed by atoms with Crippen LogP contribution in [0.1, 0.15) is 23.0 Å². The third-order valence-corrected chi connectivity index (χ3v) is 3.50. The van der Waals surface area contributed by atoms with Gasteiger partial charge in [-0.2, -0.15) is 0 Å². The van der Waals surface area contributed by atoms with Crippen molar-refractivity contribution >= 4 is 29.1 Å². The molecule has 0 saturated heterocycles. The molecule has 0 spiro atoms. The number of rotatable bonds is 6. The summed E-state index contributed by atoms with van der Waals surface area (Å²) in [4.78, 5) is 36.0. The Morgan fingerprint density at radius 1 is 1.00 bits per heavy atom. The third kappa shape index (κ3) is 5.33. The van der Waals surface area contributed by atoms with Gasteiger partial charge in [0.25, 0.3) is 5.91 Å². The van der Waals surface area contributed by atoms with Crippen LogP contribution in [0.4, 0.5) is 17.3 Å². The first kappa shape index (κ1) is 18.0. The summed E-state index contributed by atoms with van der Waals surface area (Å²) in [5.74, 6) is -0.209. The summed E-state index contributed by atoms with van der Waals surface area (Å²) < 4.78 is 0. The van der Waals surface area contributed by atoms with E-state index in [0.717, 1.165) is 5.56 Å². The highest BCUT2D eigenvalue weighted by Gasteiger charge is 2.10. The topological polar surface area (TPSA) is 109 Å². The van der Waals surface area contributed by atoms with E-state index in [1.165, 1.54) is 19.2 Å². The fourth-order valence-electron chi connectivity index (χ4n) is 2.33. The lowest BCUT2D eigenvalue weighted by Crippen LogP contribution is -2.15. The second-order valence-electron chi connectivity index (χ2n) is 5.70. The van der Waals surface area contributed by atoms with Crippen LogP contribution in [0.15, 0.2) is 61.1 Å². The molecule has 0 bridgehead atoms. The van der Waals surface area contributed by atoms with Gasteiger partial charge in [0.1, 0.15) is 5.69 Å². The first-order valence-electron chi connectivity index (χ1n) is 8.25. The van der Waals surface area contributed by atoms with Gasteiger partial charge in [-0.15, -0.1) is 0 Å². The zero-order chi connectivity index (χ0) is 19.1. The number of hydrogen-bond donors (Lipinski definition) is 3. The maximum atomic E-state index is 12.4. The van der Waals surface area contributed by atoms with E-state index in [1.807, 2.05) is 12.1 Å².